The van der Waals surface area contributed by atoms with Crippen molar-refractivity contribution < 1.29 is 62.7 Å². The van der Waals surface area contributed by atoms with Crippen LogP contribution in [0.5, 0.6) is 0 Å². The summed E-state index contributed by atoms with van der Waals surface area (Å²) in [5, 5.41) is 17.2. The molecule has 1 aromatic rings. The fourth-order valence-corrected chi connectivity index (χ4v) is 1.04. The quantitative estimate of drug-likeness (QED) is 0.405. The molecule has 0 spiro atoms. The van der Waals surface area contributed by atoms with E-state index in [4.69, 9.17) is 10.4 Å². The van der Waals surface area contributed by atoms with Gasteiger partial charge in [0.05, 0.1) is 5.57 Å². The zero-order valence-corrected chi connectivity index (χ0v) is 11.8. The van der Waals surface area contributed by atoms with Crippen molar-refractivity contribution in [3.05, 3.63) is 41.5 Å². The maximum atomic E-state index is 10.4. The number of nitriles is 1. The van der Waals surface area contributed by atoms with Crippen LogP contribution in [-0.2, 0) is 4.79 Å². The van der Waals surface area contributed by atoms with E-state index in [0.29, 0.717) is 5.56 Å². The number of hydrogen-bond donors (Lipinski definition) is 1. The van der Waals surface area contributed by atoms with Gasteiger partial charge in [0.15, 0.2) is 0 Å². The minimum absolute atomic E-state index is 0. The Morgan fingerprint density at radius 3 is 2.40 bits per heavy atom. The van der Waals surface area contributed by atoms with Gasteiger partial charge >= 0.3 is 57.4 Å². The average molecular weight is 227 g/mol. The van der Waals surface area contributed by atoms with Gasteiger partial charge in [-0.1, -0.05) is 29.8 Å². The third-order valence-electron chi connectivity index (χ3n) is 1.75. The molecule has 0 aliphatic heterocycles. The van der Waals surface area contributed by atoms with Gasteiger partial charge in [-0.05, 0) is 12.5 Å². The molecule has 1 N–H and O–H groups in total. The molecule has 0 radical (unpaired) electrons. The molecule has 0 atom stereocenters. The smallest absolute Gasteiger partial charge is 1.00 e. The summed E-state index contributed by atoms with van der Waals surface area (Å²) < 4.78 is 0. The van der Waals surface area contributed by atoms with Gasteiger partial charge < -0.3 is 6.53 Å². The van der Waals surface area contributed by atoms with Crippen molar-refractivity contribution in [3.8, 4) is 6.07 Å². The molecule has 0 saturated carbocycles. The molecular formula is C11H10KNO2. The second-order valence-electron chi connectivity index (χ2n) is 2.87. The minimum atomic E-state index is -1.11. The van der Waals surface area contributed by atoms with Crippen molar-refractivity contribution in [3.63, 3.8) is 0 Å². The normalized spacial score (nSPS) is 10.0. The van der Waals surface area contributed by atoms with E-state index in [1.165, 1.54) is 0 Å². The number of carboxylic acids is 1. The Morgan fingerprint density at radius 1 is 1.47 bits per heavy atom. The van der Waals surface area contributed by atoms with Gasteiger partial charge in [-0.2, -0.15) is 5.26 Å². The first kappa shape index (κ1) is 14.6. The molecule has 1 aromatic carbocycles. The Morgan fingerprint density at radius 2 is 2.00 bits per heavy atom. The first-order valence-electron chi connectivity index (χ1n) is 4.05. The number of nitrogens with zero attached hydrogens (tertiary/aromatic N) is 1. The Kier molecular flexibility index (Phi) is 6.73. The molecule has 0 aliphatic rings. The van der Waals surface area contributed by atoms with Crippen molar-refractivity contribution >= 4 is 11.5 Å². The molecule has 0 saturated heterocycles. The molecule has 0 unspecified atom stereocenters. The molecule has 0 aromatic heterocycles. The van der Waals surface area contributed by atoms with Gasteiger partial charge in [-0.25, -0.2) is 4.79 Å². The van der Waals surface area contributed by atoms with E-state index in [0.717, 1.165) is 11.6 Å². The largest absolute Gasteiger partial charge is 1.00 e. The third-order valence-corrected chi connectivity index (χ3v) is 1.75. The van der Waals surface area contributed by atoms with Crippen molar-refractivity contribution in [1.82, 2.24) is 0 Å². The van der Waals surface area contributed by atoms with Crippen molar-refractivity contribution in [2.75, 3.05) is 0 Å². The van der Waals surface area contributed by atoms with Gasteiger partial charge in [0.2, 0.25) is 0 Å². The van der Waals surface area contributed by atoms with Crippen LogP contribution in [0.25, 0.3) is 5.57 Å². The third kappa shape index (κ3) is 4.73. The Bertz CT molecular complexity index is 421. The number of allylic oxidation sites excluding steroid dienone is 1. The second-order valence-corrected chi connectivity index (χ2v) is 2.87. The number of carboxylic acid groups (broad SMARTS) is 1. The van der Waals surface area contributed by atoms with Gasteiger partial charge in [0.25, 0.3) is 0 Å². The van der Waals surface area contributed by atoms with Gasteiger partial charge in [-0.15, -0.1) is 0 Å². The van der Waals surface area contributed by atoms with Crippen LogP contribution in [0.2, 0.25) is 0 Å². The number of rotatable bonds is 2. The molecule has 0 bridgehead atoms. The van der Waals surface area contributed by atoms with Crippen molar-refractivity contribution in [1.29, 1.82) is 5.26 Å². The zero-order valence-electron chi connectivity index (χ0n) is 9.69. The van der Waals surface area contributed by atoms with Crippen LogP contribution in [0.4, 0.5) is 0 Å². The van der Waals surface area contributed by atoms with E-state index >= 15 is 0 Å². The van der Waals surface area contributed by atoms with Crippen LogP contribution < -0.4 is 51.4 Å². The summed E-state index contributed by atoms with van der Waals surface area (Å²) in [6, 6.07) is 8.98. The molecule has 4 heteroatoms. The summed E-state index contributed by atoms with van der Waals surface area (Å²) in [5.74, 6) is -1.11. The molecule has 0 fully saturated rings. The van der Waals surface area contributed by atoms with Crippen LogP contribution in [0.15, 0.2) is 30.3 Å². The maximum absolute atomic E-state index is 10.4. The van der Waals surface area contributed by atoms with Crippen molar-refractivity contribution in [2.45, 2.75) is 6.92 Å². The number of aryl methyl sites for hydroxylation is 1. The fraction of sp³-hybridized carbons (Fsp3) is 0.0909. The molecule has 3 nitrogen and oxygen atoms in total. The standard InChI is InChI=1S/C11H9NO2.K.H/c1-8-2-4-9(5-3-8)10(7-12)6-11(13)14;;/h2-6H,1H3,(H,13,14);;/q;+1;-1. The first-order valence-corrected chi connectivity index (χ1v) is 4.05. The second kappa shape index (κ2) is 6.93. The monoisotopic (exact) mass is 227 g/mol. The summed E-state index contributed by atoms with van der Waals surface area (Å²) in [4.78, 5) is 10.4. The van der Waals surface area contributed by atoms with E-state index in [2.05, 4.69) is 0 Å². The Balaban J connectivity index is 0. The van der Waals surface area contributed by atoms with E-state index in [1.807, 2.05) is 25.1 Å². The molecule has 72 valence electrons. The van der Waals surface area contributed by atoms with Gasteiger partial charge in [0.1, 0.15) is 6.07 Å². The Labute approximate surface area is 132 Å². The first-order chi connectivity index (χ1) is 6.63. The fourth-order valence-electron chi connectivity index (χ4n) is 1.04. The number of hydrogen-bond acceptors (Lipinski definition) is 2. The SMILES string of the molecule is Cc1ccc(C(C#N)=CC(=O)O)cc1.[H-].[K+]. The zero-order chi connectivity index (χ0) is 10.6. The molecule has 0 aliphatic carbocycles. The topological polar surface area (TPSA) is 61.1 Å². The average Bonchev–Trinajstić information content (AvgIpc) is 2.15. The van der Waals surface area contributed by atoms with E-state index in [1.54, 1.807) is 12.1 Å². The van der Waals surface area contributed by atoms with E-state index < -0.39 is 5.97 Å². The molecular weight excluding hydrogens is 217 g/mol. The van der Waals surface area contributed by atoms with E-state index in [-0.39, 0.29) is 58.4 Å². The van der Waals surface area contributed by atoms with Crippen LogP contribution in [0.1, 0.15) is 12.6 Å². The summed E-state index contributed by atoms with van der Waals surface area (Å²) in [6.45, 7) is 1.93. The number of benzene rings is 1. The summed E-state index contributed by atoms with van der Waals surface area (Å²) in [7, 11) is 0. The van der Waals surface area contributed by atoms with Crippen LogP contribution in [-0.4, -0.2) is 11.1 Å². The summed E-state index contributed by atoms with van der Waals surface area (Å²) in [6.07, 6.45) is 0.907. The summed E-state index contributed by atoms with van der Waals surface area (Å²) >= 11 is 0. The predicted molar refractivity (Wildman–Crippen MR) is 53.5 cm³/mol. The van der Waals surface area contributed by atoms with E-state index in [9.17, 15) is 4.79 Å². The number of aliphatic carboxylic acids is 1. The molecule has 1 rings (SSSR count). The van der Waals surface area contributed by atoms with Crippen LogP contribution in [0, 0.1) is 18.3 Å². The van der Waals surface area contributed by atoms with Crippen molar-refractivity contribution in [2.24, 2.45) is 0 Å². The number of carbonyl (C=O) groups is 1. The maximum Gasteiger partial charge on any atom is 1.00 e. The predicted octanol–water partition coefficient (Wildman–Crippen LogP) is -0.897. The molecule has 0 heterocycles. The molecule has 15 heavy (non-hydrogen) atoms. The van der Waals surface area contributed by atoms with Crippen LogP contribution >= 0.6 is 0 Å². The van der Waals surface area contributed by atoms with Gasteiger partial charge in [-0.3, -0.25) is 0 Å². The van der Waals surface area contributed by atoms with Gasteiger partial charge in [0, 0.05) is 6.08 Å². The molecule has 0 amide bonds. The minimum Gasteiger partial charge on any atom is -1.00 e. The van der Waals surface area contributed by atoms with Crippen LogP contribution in [0.3, 0.4) is 0 Å². The summed E-state index contributed by atoms with van der Waals surface area (Å²) in [5.41, 5.74) is 1.86. The Hall–Kier alpha value is -0.444.